The third-order valence-electron chi connectivity index (χ3n) is 2.62. The standard InChI is InChI=1S/C13H16O/c1-4-13(2,3)12(10-14)11-8-6-5-7-9-11/h4-10,12H,1H2,2-3H3. The number of rotatable bonds is 4. The Balaban J connectivity index is 3.05. The average molecular weight is 188 g/mol. The summed E-state index contributed by atoms with van der Waals surface area (Å²) < 4.78 is 0. The summed E-state index contributed by atoms with van der Waals surface area (Å²) in [4.78, 5) is 11.1. The van der Waals surface area contributed by atoms with Gasteiger partial charge in [0.15, 0.2) is 0 Å². The second-order valence-corrected chi connectivity index (χ2v) is 4.05. The van der Waals surface area contributed by atoms with Crippen molar-refractivity contribution in [1.29, 1.82) is 0 Å². The molecule has 0 bridgehead atoms. The van der Waals surface area contributed by atoms with E-state index in [2.05, 4.69) is 6.58 Å². The van der Waals surface area contributed by atoms with Gasteiger partial charge in [0.2, 0.25) is 0 Å². The van der Waals surface area contributed by atoms with E-state index in [0.29, 0.717) is 0 Å². The number of hydrogen-bond acceptors (Lipinski definition) is 1. The second kappa shape index (κ2) is 4.23. The van der Waals surface area contributed by atoms with E-state index in [1.807, 2.05) is 50.3 Å². The minimum atomic E-state index is -0.191. The van der Waals surface area contributed by atoms with E-state index in [0.717, 1.165) is 11.8 Å². The van der Waals surface area contributed by atoms with Crippen molar-refractivity contribution in [3.8, 4) is 0 Å². The molecule has 0 aliphatic heterocycles. The molecule has 1 nitrogen and oxygen atoms in total. The zero-order chi connectivity index (χ0) is 10.6. The summed E-state index contributed by atoms with van der Waals surface area (Å²) in [7, 11) is 0. The van der Waals surface area contributed by atoms with Gasteiger partial charge in [-0.2, -0.15) is 0 Å². The number of benzene rings is 1. The first kappa shape index (κ1) is 10.7. The Kier molecular flexibility index (Phi) is 3.23. The summed E-state index contributed by atoms with van der Waals surface area (Å²) in [5, 5.41) is 0. The molecule has 1 heteroatoms. The van der Waals surface area contributed by atoms with Gasteiger partial charge >= 0.3 is 0 Å². The molecule has 74 valence electrons. The van der Waals surface area contributed by atoms with Gasteiger partial charge in [-0.15, -0.1) is 6.58 Å². The molecule has 0 amide bonds. The Morgan fingerprint density at radius 1 is 1.29 bits per heavy atom. The molecule has 1 aromatic rings. The van der Waals surface area contributed by atoms with Gasteiger partial charge in [-0.25, -0.2) is 0 Å². The van der Waals surface area contributed by atoms with Crippen LogP contribution in [0.25, 0.3) is 0 Å². The number of carbonyl (C=O) groups is 1. The second-order valence-electron chi connectivity index (χ2n) is 4.05. The molecular weight excluding hydrogens is 172 g/mol. The van der Waals surface area contributed by atoms with Gasteiger partial charge in [0, 0.05) is 5.92 Å². The first-order valence-electron chi connectivity index (χ1n) is 4.75. The smallest absolute Gasteiger partial charge is 0.128 e. The van der Waals surface area contributed by atoms with Crippen molar-refractivity contribution in [3.63, 3.8) is 0 Å². The van der Waals surface area contributed by atoms with Crippen LogP contribution >= 0.6 is 0 Å². The highest BCUT2D eigenvalue weighted by Gasteiger charge is 2.27. The Hall–Kier alpha value is -1.37. The lowest BCUT2D eigenvalue weighted by Gasteiger charge is -2.27. The lowest BCUT2D eigenvalue weighted by atomic mass is 9.76. The number of aldehydes is 1. The predicted octanol–water partition coefficient (Wildman–Crippen LogP) is 3.18. The van der Waals surface area contributed by atoms with Gasteiger partial charge in [-0.1, -0.05) is 50.3 Å². The Labute approximate surface area is 85.5 Å². The van der Waals surface area contributed by atoms with E-state index >= 15 is 0 Å². The summed E-state index contributed by atoms with van der Waals surface area (Å²) in [6.45, 7) is 7.81. The van der Waals surface area contributed by atoms with Crippen molar-refractivity contribution in [2.24, 2.45) is 5.41 Å². The molecule has 14 heavy (non-hydrogen) atoms. The third-order valence-corrected chi connectivity index (χ3v) is 2.62. The van der Waals surface area contributed by atoms with Gasteiger partial charge in [0.05, 0.1) is 0 Å². The van der Waals surface area contributed by atoms with Crippen molar-refractivity contribution >= 4 is 6.29 Å². The van der Waals surface area contributed by atoms with Crippen LogP contribution in [0, 0.1) is 5.41 Å². The molecule has 0 saturated heterocycles. The van der Waals surface area contributed by atoms with Crippen LogP contribution in [0.3, 0.4) is 0 Å². The minimum absolute atomic E-state index is 0.110. The maximum absolute atomic E-state index is 11.1. The molecule has 0 aliphatic rings. The van der Waals surface area contributed by atoms with Gasteiger partial charge in [-0.05, 0) is 11.0 Å². The van der Waals surface area contributed by atoms with Crippen LogP contribution in [-0.4, -0.2) is 6.29 Å². The first-order chi connectivity index (χ1) is 6.61. The molecule has 1 atom stereocenters. The van der Waals surface area contributed by atoms with Crippen LogP contribution in [0.2, 0.25) is 0 Å². The van der Waals surface area contributed by atoms with Crippen LogP contribution in [0.15, 0.2) is 43.0 Å². The summed E-state index contributed by atoms with van der Waals surface area (Å²) in [6, 6.07) is 9.80. The molecule has 1 rings (SSSR count). The molecule has 0 saturated carbocycles. The summed E-state index contributed by atoms with van der Waals surface area (Å²) in [5.74, 6) is -0.110. The molecular formula is C13H16O. The van der Waals surface area contributed by atoms with Crippen molar-refractivity contribution in [3.05, 3.63) is 48.6 Å². The van der Waals surface area contributed by atoms with E-state index in [-0.39, 0.29) is 11.3 Å². The maximum atomic E-state index is 11.1. The van der Waals surface area contributed by atoms with E-state index in [4.69, 9.17) is 0 Å². The van der Waals surface area contributed by atoms with Crippen LogP contribution in [-0.2, 0) is 4.79 Å². The maximum Gasteiger partial charge on any atom is 0.128 e. The first-order valence-corrected chi connectivity index (χ1v) is 4.75. The third kappa shape index (κ3) is 2.11. The molecule has 0 N–H and O–H groups in total. The van der Waals surface area contributed by atoms with Gasteiger partial charge < -0.3 is 4.79 Å². The van der Waals surface area contributed by atoms with E-state index in [1.54, 1.807) is 0 Å². The van der Waals surface area contributed by atoms with Crippen LogP contribution in [0.1, 0.15) is 25.3 Å². The lowest BCUT2D eigenvalue weighted by molar-refractivity contribution is -0.110. The van der Waals surface area contributed by atoms with E-state index < -0.39 is 0 Å². The zero-order valence-corrected chi connectivity index (χ0v) is 8.73. The molecule has 0 spiro atoms. The average Bonchev–Trinajstić information content (AvgIpc) is 2.20. The number of allylic oxidation sites excluding steroid dienone is 1. The summed E-state index contributed by atoms with van der Waals surface area (Å²) >= 11 is 0. The Morgan fingerprint density at radius 3 is 2.29 bits per heavy atom. The fraction of sp³-hybridized carbons (Fsp3) is 0.308. The largest absolute Gasteiger partial charge is 0.303 e. The molecule has 0 aliphatic carbocycles. The highest BCUT2D eigenvalue weighted by atomic mass is 16.1. The van der Waals surface area contributed by atoms with E-state index in [1.165, 1.54) is 0 Å². The van der Waals surface area contributed by atoms with Crippen LogP contribution in [0.5, 0.6) is 0 Å². The van der Waals surface area contributed by atoms with Crippen LogP contribution < -0.4 is 0 Å². The highest BCUT2D eigenvalue weighted by Crippen LogP contribution is 2.34. The Bertz CT molecular complexity index is 311. The normalized spacial score (nSPS) is 13.3. The molecule has 1 aromatic carbocycles. The molecule has 0 fully saturated rings. The number of hydrogen-bond donors (Lipinski definition) is 0. The van der Waals surface area contributed by atoms with Crippen molar-refractivity contribution < 1.29 is 4.79 Å². The monoisotopic (exact) mass is 188 g/mol. The minimum Gasteiger partial charge on any atom is -0.303 e. The summed E-state index contributed by atoms with van der Waals surface area (Å²) in [5.41, 5.74) is 0.857. The van der Waals surface area contributed by atoms with Crippen LogP contribution in [0.4, 0.5) is 0 Å². The van der Waals surface area contributed by atoms with Gasteiger partial charge in [0.1, 0.15) is 6.29 Å². The van der Waals surface area contributed by atoms with Crippen molar-refractivity contribution in [1.82, 2.24) is 0 Å². The van der Waals surface area contributed by atoms with E-state index in [9.17, 15) is 4.79 Å². The molecule has 1 unspecified atom stereocenters. The molecule has 0 heterocycles. The predicted molar refractivity (Wildman–Crippen MR) is 59.2 cm³/mol. The number of carbonyl (C=O) groups excluding carboxylic acids is 1. The Morgan fingerprint density at radius 2 is 1.86 bits per heavy atom. The zero-order valence-electron chi connectivity index (χ0n) is 8.73. The topological polar surface area (TPSA) is 17.1 Å². The molecule has 0 radical (unpaired) electrons. The van der Waals surface area contributed by atoms with Crippen molar-refractivity contribution in [2.75, 3.05) is 0 Å². The molecule has 0 aromatic heterocycles. The SMILES string of the molecule is C=CC(C)(C)C(C=O)c1ccccc1. The van der Waals surface area contributed by atoms with Gasteiger partial charge in [0.25, 0.3) is 0 Å². The van der Waals surface area contributed by atoms with Crippen molar-refractivity contribution in [2.45, 2.75) is 19.8 Å². The quantitative estimate of drug-likeness (QED) is 0.524. The fourth-order valence-corrected chi connectivity index (χ4v) is 1.47. The van der Waals surface area contributed by atoms with Gasteiger partial charge in [-0.3, -0.25) is 0 Å². The highest BCUT2D eigenvalue weighted by molar-refractivity contribution is 5.64. The summed E-state index contributed by atoms with van der Waals surface area (Å²) in [6.07, 6.45) is 2.83. The fourth-order valence-electron chi connectivity index (χ4n) is 1.47. The lowest BCUT2D eigenvalue weighted by Crippen LogP contribution is -2.20.